The summed E-state index contributed by atoms with van der Waals surface area (Å²) in [5, 5.41) is 4.84. The molecule has 146 valence electrons. The molecule has 0 radical (unpaired) electrons. The van der Waals surface area contributed by atoms with Crippen molar-refractivity contribution in [3.05, 3.63) is 58.1 Å². The molecule has 1 saturated heterocycles. The van der Waals surface area contributed by atoms with E-state index in [1.807, 2.05) is 31.2 Å². The molecule has 1 aromatic heterocycles. The standard InChI is InChI=1S/C21H23ClN4OS/c1-15-6-7-16(12-17(15)22)23-20(27)13-25-8-10-26(11-9-25)14-21-24-18-4-2-3-5-19(18)28-21/h2-7,12H,8-11,13-14H2,1H3,(H,23,27)/p+2. The molecule has 28 heavy (non-hydrogen) atoms. The van der Waals surface area contributed by atoms with Gasteiger partial charge in [-0.2, -0.15) is 0 Å². The highest BCUT2D eigenvalue weighted by atomic mass is 35.5. The van der Waals surface area contributed by atoms with Crippen molar-refractivity contribution in [3.8, 4) is 0 Å². The van der Waals surface area contributed by atoms with E-state index in [9.17, 15) is 4.79 Å². The van der Waals surface area contributed by atoms with Crippen LogP contribution in [0.25, 0.3) is 10.2 Å². The van der Waals surface area contributed by atoms with Gasteiger partial charge in [0.05, 0.1) is 10.2 Å². The molecule has 0 saturated carbocycles. The van der Waals surface area contributed by atoms with Gasteiger partial charge in [0.15, 0.2) is 6.54 Å². The summed E-state index contributed by atoms with van der Waals surface area (Å²) in [6, 6.07) is 13.9. The van der Waals surface area contributed by atoms with Gasteiger partial charge in [-0.05, 0) is 36.8 Å². The highest BCUT2D eigenvalue weighted by Gasteiger charge is 2.25. The molecule has 3 aromatic rings. The minimum absolute atomic E-state index is 0.0459. The van der Waals surface area contributed by atoms with Crippen molar-refractivity contribution < 1.29 is 14.6 Å². The molecule has 3 N–H and O–H groups in total. The Hall–Kier alpha value is -1.99. The molecule has 0 bridgehead atoms. The number of rotatable bonds is 5. The summed E-state index contributed by atoms with van der Waals surface area (Å²) in [7, 11) is 0. The van der Waals surface area contributed by atoms with Crippen molar-refractivity contribution in [1.29, 1.82) is 0 Å². The molecule has 0 spiro atoms. The largest absolute Gasteiger partial charge is 0.321 e. The van der Waals surface area contributed by atoms with Gasteiger partial charge in [0, 0.05) is 10.7 Å². The Bertz CT molecular complexity index is 948. The molecule has 2 aromatic carbocycles. The molecule has 2 heterocycles. The highest BCUT2D eigenvalue weighted by Crippen LogP contribution is 2.21. The summed E-state index contributed by atoms with van der Waals surface area (Å²) in [5.41, 5.74) is 2.87. The third-order valence-corrected chi connectivity index (χ3v) is 6.71. The van der Waals surface area contributed by atoms with E-state index in [4.69, 9.17) is 16.6 Å². The number of benzene rings is 2. The lowest BCUT2D eigenvalue weighted by Gasteiger charge is -2.28. The van der Waals surface area contributed by atoms with E-state index < -0.39 is 0 Å². The van der Waals surface area contributed by atoms with Crippen LogP contribution in [0.15, 0.2) is 42.5 Å². The second kappa shape index (κ2) is 8.57. The van der Waals surface area contributed by atoms with Crippen molar-refractivity contribution in [2.75, 3.05) is 38.0 Å². The number of carbonyl (C=O) groups is 1. The summed E-state index contributed by atoms with van der Waals surface area (Å²) in [6.07, 6.45) is 0. The number of piperazine rings is 1. The number of hydrogen-bond donors (Lipinski definition) is 3. The molecule has 1 aliphatic rings. The number of para-hydroxylation sites is 1. The van der Waals surface area contributed by atoms with E-state index >= 15 is 0 Å². The lowest BCUT2D eigenvalue weighted by molar-refractivity contribution is -1.01. The lowest BCUT2D eigenvalue weighted by atomic mass is 10.2. The van der Waals surface area contributed by atoms with E-state index in [2.05, 4.69) is 23.5 Å². The number of nitrogens with zero attached hydrogens (tertiary/aromatic N) is 1. The number of thiazole rings is 1. The smallest absolute Gasteiger partial charge is 0.279 e. The third-order valence-electron chi connectivity index (χ3n) is 5.27. The van der Waals surface area contributed by atoms with Crippen LogP contribution in [0.2, 0.25) is 5.02 Å². The van der Waals surface area contributed by atoms with Crippen LogP contribution in [0.3, 0.4) is 0 Å². The van der Waals surface area contributed by atoms with Crippen molar-refractivity contribution in [2.24, 2.45) is 0 Å². The Morgan fingerprint density at radius 1 is 1.14 bits per heavy atom. The van der Waals surface area contributed by atoms with Crippen LogP contribution in [0, 0.1) is 6.92 Å². The second-order valence-corrected chi connectivity index (χ2v) is 8.96. The van der Waals surface area contributed by atoms with Gasteiger partial charge in [0.25, 0.3) is 5.91 Å². The molecule has 7 heteroatoms. The van der Waals surface area contributed by atoms with E-state index in [1.54, 1.807) is 16.2 Å². The van der Waals surface area contributed by atoms with Crippen molar-refractivity contribution in [1.82, 2.24) is 4.98 Å². The van der Waals surface area contributed by atoms with Crippen molar-refractivity contribution >= 4 is 44.7 Å². The topological polar surface area (TPSA) is 50.9 Å². The molecule has 4 rings (SSSR count). The van der Waals surface area contributed by atoms with Crippen LogP contribution in [0.5, 0.6) is 0 Å². The van der Waals surface area contributed by atoms with Crippen molar-refractivity contribution in [3.63, 3.8) is 0 Å². The van der Waals surface area contributed by atoms with Crippen LogP contribution in [-0.2, 0) is 11.3 Å². The van der Waals surface area contributed by atoms with Gasteiger partial charge in [-0.15, -0.1) is 11.3 Å². The molecule has 0 atom stereocenters. The number of quaternary nitrogens is 2. The molecule has 1 fully saturated rings. The fourth-order valence-electron chi connectivity index (χ4n) is 3.62. The first-order chi connectivity index (χ1) is 13.6. The Labute approximate surface area is 173 Å². The zero-order valence-corrected chi connectivity index (χ0v) is 17.5. The number of carbonyl (C=O) groups excluding carboxylic acids is 1. The number of aryl methyl sites for hydroxylation is 1. The fourth-order valence-corrected chi connectivity index (χ4v) is 4.84. The Balaban J connectivity index is 1.25. The van der Waals surface area contributed by atoms with Crippen LogP contribution in [0.1, 0.15) is 10.6 Å². The van der Waals surface area contributed by atoms with E-state index in [0.717, 1.165) is 49.5 Å². The second-order valence-electron chi connectivity index (χ2n) is 7.44. The zero-order valence-electron chi connectivity index (χ0n) is 15.9. The first-order valence-electron chi connectivity index (χ1n) is 9.64. The maximum Gasteiger partial charge on any atom is 0.279 e. The molecule has 5 nitrogen and oxygen atoms in total. The number of halogens is 1. The number of amides is 1. The van der Waals surface area contributed by atoms with Gasteiger partial charge in [-0.3, -0.25) is 4.79 Å². The van der Waals surface area contributed by atoms with E-state index in [-0.39, 0.29) is 5.91 Å². The first-order valence-corrected chi connectivity index (χ1v) is 10.8. The number of fused-ring (bicyclic) bond motifs is 1. The zero-order chi connectivity index (χ0) is 19.5. The normalized spacial score (nSPS) is 19.6. The lowest BCUT2D eigenvalue weighted by Crippen LogP contribution is -3.28. The van der Waals surface area contributed by atoms with Crippen LogP contribution >= 0.6 is 22.9 Å². The maximum atomic E-state index is 12.4. The van der Waals surface area contributed by atoms with Crippen molar-refractivity contribution in [2.45, 2.75) is 13.5 Å². The van der Waals surface area contributed by atoms with Gasteiger partial charge in [0.2, 0.25) is 0 Å². The average molecular weight is 417 g/mol. The molecular weight excluding hydrogens is 392 g/mol. The minimum atomic E-state index is 0.0459. The quantitative estimate of drug-likeness (QED) is 0.585. The van der Waals surface area contributed by atoms with Gasteiger partial charge in [0.1, 0.15) is 37.7 Å². The van der Waals surface area contributed by atoms with Gasteiger partial charge in [-0.1, -0.05) is 29.8 Å². The molecule has 1 aliphatic heterocycles. The van der Waals surface area contributed by atoms with Crippen LogP contribution < -0.4 is 15.1 Å². The summed E-state index contributed by atoms with van der Waals surface area (Å²) in [6.45, 7) is 7.56. The predicted octanol–water partition coefficient (Wildman–Crippen LogP) is 1.18. The number of anilines is 1. The molecular formula is C21H25ClN4OS+2. The number of aromatic nitrogens is 1. The van der Waals surface area contributed by atoms with Gasteiger partial charge < -0.3 is 15.1 Å². The summed E-state index contributed by atoms with van der Waals surface area (Å²) >= 11 is 7.93. The summed E-state index contributed by atoms with van der Waals surface area (Å²) < 4.78 is 1.26. The first kappa shape index (κ1) is 19.3. The molecule has 0 aliphatic carbocycles. The maximum absolute atomic E-state index is 12.4. The molecule has 1 amide bonds. The third kappa shape index (κ3) is 4.70. The van der Waals surface area contributed by atoms with Crippen LogP contribution in [0.4, 0.5) is 5.69 Å². The number of hydrogen-bond acceptors (Lipinski definition) is 3. The van der Waals surface area contributed by atoms with Gasteiger partial charge in [-0.25, -0.2) is 4.98 Å². The fraction of sp³-hybridized carbons (Fsp3) is 0.333. The Morgan fingerprint density at radius 3 is 2.64 bits per heavy atom. The number of nitrogens with one attached hydrogen (secondary N) is 3. The average Bonchev–Trinajstić information content (AvgIpc) is 3.08. The Morgan fingerprint density at radius 2 is 1.89 bits per heavy atom. The monoisotopic (exact) mass is 416 g/mol. The van der Waals surface area contributed by atoms with E-state index in [1.165, 1.54) is 14.6 Å². The summed E-state index contributed by atoms with van der Waals surface area (Å²) in [4.78, 5) is 20.0. The van der Waals surface area contributed by atoms with E-state index in [0.29, 0.717) is 11.6 Å². The molecule has 0 unspecified atom stereocenters. The highest BCUT2D eigenvalue weighted by molar-refractivity contribution is 7.18. The van der Waals surface area contributed by atoms with Crippen LogP contribution in [-0.4, -0.2) is 43.6 Å². The SMILES string of the molecule is Cc1ccc(NC(=O)C[NH+]2CC[NH+](Cc3nc4ccccc4s3)CC2)cc1Cl. The Kier molecular flexibility index (Phi) is 5.92. The van der Waals surface area contributed by atoms with Gasteiger partial charge >= 0.3 is 0 Å². The summed E-state index contributed by atoms with van der Waals surface area (Å²) in [5.74, 6) is 0.0459. The minimum Gasteiger partial charge on any atom is -0.321 e. The predicted molar refractivity (Wildman–Crippen MR) is 114 cm³/mol.